The number of fused-ring (bicyclic) bond motifs is 1. The Kier molecular flexibility index (Phi) is 6.54. The number of hydrogen-bond donors (Lipinski definition) is 2. The summed E-state index contributed by atoms with van der Waals surface area (Å²) in [7, 11) is 0. The van der Waals surface area contributed by atoms with Gasteiger partial charge in [0.05, 0.1) is 33.8 Å². The average molecular weight is 459 g/mol. The number of carbonyl (C=O) groups excluding carboxylic acids is 2. The van der Waals surface area contributed by atoms with Gasteiger partial charge in [-0.1, -0.05) is 42.5 Å². The number of anilines is 1. The van der Waals surface area contributed by atoms with Crippen molar-refractivity contribution in [2.24, 2.45) is 0 Å². The Balaban J connectivity index is 1.49. The molecule has 3 aromatic carbocycles. The van der Waals surface area contributed by atoms with E-state index in [1.54, 1.807) is 24.3 Å². The van der Waals surface area contributed by atoms with Gasteiger partial charge < -0.3 is 20.1 Å². The van der Waals surface area contributed by atoms with Crippen molar-refractivity contribution < 1.29 is 24.0 Å². The number of nitrogens with one attached hydrogen (secondary N) is 2. The highest BCUT2D eigenvalue weighted by Gasteiger charge is 2.22. The van der Waals surface area contributed by atoms with E-state index < -0.39 is 10.8 Å². The van der Waals surface area contributed by atoms with Gasteiger partial charge in [0, 0.05) is 6.08 Å². The molecule has 1 atom stereocenters. The topological polar surface area (TPSA) is 120 Å². The summed E-state index contributed by atoms with van der Waals surface area (Å²) in [6.07, 6.45) is 2.47. The van der Waals surface area contributed by atoms with E-state index in [1.165, 1.54) is 18.2 Å². The predicted molar refractivity (Wildman–Crippen MR) is 126 cm³/mol. The van der Waals surface area contributed by atoms with Gasteiger partial charge in [0.1, 0.15) is 0 Å². The zero-order chi connectivity index (χ0) is 24.1. The highest BCUT2D eigenvalue weighted by molar-refractivity contribution is 6.07. The number of hydrogen-bond acceptors (Lipinski definition) is 6. The van der Waals surface area contributed by atoms with Crippen LogP contribution >= 0.6 is 0 Å². The maximum Gasteiger partial charge on any atom is 0.280 e. The van der Waals surface area contributed by atoms with Crippen molar-refractivity contribution in [3.63, 3.8) is 0 Å². The molecule has 4 rings (SSSR count). The number of rotatable bonds is 7. The van der Waals surface area contributed by atoms with E-state index in [0.29, 0.717) is 17.0 Å². The SMILES string of the molecule is CC(NC(=O)c1ccccc1NC(=O)/C=C/c1cc2c(cc1[N+](=O)[O-])OCO2)c1ccccc1. The molecule has 0 bridgehead atoms. The largest absolute Gasteiger partial charge is 0.454 e. The van der Waals surface area contributed by atoms with E-state index in [-0.39, 0.29) is 35.7 Å². The lowest BCUT2D eigenvalue weighted by Gasteiger charge is -2.16. The van der Waals surface area contributed by atoms with Crippen LogP contribution in [0.25, 0.3) is 6.08 Å². The van der Waals surface area contributed by atoms with Gasteiger partial charge in [-0.25, -0.2) is 0 Å². The molecule has 0 aromatic heterocycles. The first-order chi connectivity index (χ1) is 16.4. The van der Waals surface area contributed by atoms with Gasteiger partial charge in [-0.2, -0.15) is 0 Å². The summed E-state index contributed by atoms with van der Waals surface area (Å²) in [5.74, 6) is -0.260. The molecule has 1 unspecified atom stereocenters. The molecule has 0 radical (unpaired) electrons. The molecule has 1 heterocycles. The molecule has 0 saturated heterocycles. The molecule has 172 valence electrons. The fraction of sp³-hybridized carbons (Fsp3) is 0.120. The lowest BCUT2D eigenvalue weighted by Crippen LogP contribution is -2.27. The highest BCUT2D eigenvalue weighted by Crippen LogP contribution is 2.38. The summed E-state index contributed by atoms with van der Waals surface area (Å²) in [5, 5.41) is 17.0. The normalized spacial score (nSPS) is 12.9. The summed E-state index contributed by atoms with van der Waals surface area (Å²) in [6.45, 7) is 1.84. The monoisotopic (exact) mass is 459 g/mol. The third kappa shape index (κ3) is 5.04. The summed E-state index contributed by atoms with van der Waals surface area (Å²) in [5.41, 5.74) is 1.52. The Morgan fingerprint density at radius 3 is 2.44 bits per heavy atom. The smallest absolute Gasteiger partial charge is 0.280 e. The maximum atomic E-state index is 12.9. The van der Waals surface area contributed by atoms with Crippen LogP contribution in [-0.2, 0) is 4.79 Å². The zero-order valence-corrected chi connectivity index (χ0v) is 18.2. The quantitative estimate of drug-likeness (QED) is 0.306. The summed E-state index contributed by atoms with van der Waals surface area (Å²) in [6, 6.07) is 18.6. The summed E-state index contributed by atoms with van der Waals surface area (Å²) >= 11 is 0. The van der Waals surface area contributed by atoms with E-state index in [0.717, 1.165) is 11.6 Å². The number of nitro groups is 1. The molecule has 1 aliphatic rings. The molecule has 3 aromatic rings. The molecular weight excluding hydrogens is 438 g/mol. The predicted octanol–water partition coefficient (Wildman–Crippen LogP) is 4.47. The van der Waals surface area contributed by atoms with Crippen molar-refractivity contribution in [1.82, 2.24) is 5.32 Å². The van der Waals surface area contributed by atoms with Gasteiger partial charge in [-0.15, -0.1) is 0 Å². The Morgan fingerprint density at radius 1 is 1.03 bits per heavy atom. The number of amides is 2. The van der Waals surface area contributed by atoms with Crippen molar-refractivity contribution in [3.8, 4) is 11.5 Å². The summed E-state index contributed by atoms with van der Waals surface area (Å²) < 4.78 is 10.4. The van der Waals surface area contributed by atoms with Gasteiger partial charge in [0.2, 0.25) is 12.7 Å². The summed E-state index contributed by atoms with van der Waals surface area (Å²) in [4.78, 5) is 36.3. The van der Waals surface area contributed by atoms with E-state index in [1.807, 2.05) is 37.3 Å². The molecule has 0 spiro atoms. The molecule has 0 saturated carbocycles. The second-order valence-corrected chi connectivity index (χ2v) is 7.50. The van der Waals surface area contributed by atoms with Crippen molar-refractivity contribution >= 4 is 29.3 Å². The Bertz CT molecular complexity index is 1270. The molecule has 9 nitrogen and oxygen atoms in total. The first kappa shape index (κ1) is 22.5. The van der Waals surface area contributed by atoms with Gasteiger partial charge in [-0.05, 0) is 36.8 Å². The van der Waals surface area contributed by atoms with Crippen molar-refractivity contribution in [3.05, 3.63) is 99.6 Å². The molecule has 2 N–H and O–H groups in total. The molecular formula is C25H21N3O6. The molecule has 1 aliphatic heterocycles. The van der Waals surface area contributed by atoms with Gasteiger partial charge in [-0.3, -0.25) is 19.7 Å². The number of para-hydroxylation sites is 1. The highest BCUT2D eigenvalue weighted by atomic mass is 16.7. The molecule has 0 aliphatic carbocycles. The van der Waals surface area contributed by atoms with Gasteiger partial charge in [0.15, 0.2) is 11.5 Å². The molecule has 9 heteroatoms. The second kappa shape index (κ2) is 9.86. The van der Waals surface area contributed by atoms with Crippen molar-refractivity contribution in [2.75, 3.05) is 12.1 Å². The average Bonchev–Trinajstić information content (AvgIpc) is 3.30. The zero-order valence-electron chi connectivity index (χ0n) is 18.2. The Hall–Kier alpha value is -4.66. The van der Waals surface area contributed by atoms with E-state index in [2.05, 4.69) is 10.6 Å². The minimum Gasteiger partial charge on any atom is -0.454 e. The number of ether oxygens (including phenoxy) is 2. The maximum absolute atomic E-state index is 12.9. The number of benzene rings is 3. The third-order valence-electron chi connectivity index (χ3n) is 5.21. The van der Waals surface area contributed by atoms with Crippen molar-refractivity contribution in [2.45, 2.75) is 13.0 Å². The van der Waals surface area contributed by atoms with E-state index >= 15 is 0 Å². The van der Waals surface area contributed by atoms with Crippen LogP contribution in [-0.4, -0.2) is 23.5 Å². The van der Waals surface area contributed by atoms with Crippen LogP contribution in [0.2, 0.25) is 0 Å². The van der Waals surface area contributed by atoms with Crippen molar-refractivity contribution in [1.29, 1.82) is 0 Å². The van der Waals surface area contributed by atoms with E-state index in [4.69, 9.17) is 9.47 Å². The molecule has 0 fully saturated rings. The van der Waals surface area contributed by atoms with Crippen LogP contribution in [0.15, 0.2) is 72.8 Å². The Morgan fingerprint density at radius 2 is 1.71 bits per heavy atom. The van der Waals surface area contributed by atoms with Gasteiger partial charge >= 0.3 is 0 Å². The van der Waals surface area contributed by atoms with Gasteiger partial charge in [0.25, 0.3) is 11.6 Å². The molecule has 2 amide bonds. The second-order valence-electron chi connectivity index (χ2n) is 7.50. The fourth-order valence-electron chi connectivity index (χ4n) is 3.47. The van der Waals surface area contributed by atoms with Crippen LogP contribution in [0.3, 0.4) is 0 Å². The third-order valence-corrected chi connectivity index (χ3v) is 5.21. The van der Waals surface area contributed by atoms with Crippen LogP contribution < -0.4 is 20.1 Å². The first-order valence-electron chi connectivity index (χ1n) is 10.4. The Labute approximate surface area is 195 Å². The minimum absolute atomic E-state index is 0.0259. The van der Waals surface area contributed by atoms with Crippen LogP contribution in [0, 0.1) is 10.1 Å². The number of nitrogens with zero attached hydrogens (tertiary/aromatic N) is 1. The lowest BCUT2D eigenvalue weighted by atomic mass is 10.1. The molecule has 34 heavy (non-hydrogen) atoms. The fourth-order valence-corrected chi connectivity index (χ4v) is 3.47. The number of nitro benzene ring substituents is 1. The number of carbonyl (C=O) groups is 2. The lowest BCUT2D eigenvalue weighted by molar-refractivity contribution is -0.385. The minimum atomic E-state index is -0.562. The first-order valence-corrected chi connectivity index (χ1v) is 10.4. The van der Waals surface area contributed by atoms with Crippen LogP contribution in [0.5, 0.6) is 11.5 Å². The van der Waals surface area contributed by atoms with Crippen LogP contribution in [0.1, 0.15) is 34.5 Å². The van der Waals surface area contributed by atoms with Crippen LogP contribution in [0.4, 0.5) is 11.4 Å². The van der Waals surface area contributed by atoms with E-state index in [9.17, 15) is 19.7 Å². The standard InChI is InChI=1S/C25H21N3O6/c1-16(17-7-3-2-4-8-17)26-25(30)19-9-5-6-10-20(19)27-24(29)12-11-18-13-22-23(34-15-33-22)14-21(18)28(31)32/h2-14,16H,15H2,1H3,(H,26,30)(H,27,29)/b12-11+.